The first kappa shape index (κ1) is 26.3. The van der Waals surface area contributed by atoms with Crippen LogP contribution in [0.4, 0.5) is 0 Å². The van der Waals surface area contributed by atoms with Crippen molar-refractivity contribution < 1.29 is 10.2 Å². The van der Waals surface area contributed by atoms with Crippen molar-refractivity contribution in [3.8, 4) is 11.5 Å². The maximum absolute atomic E-state index is 11.7. The summed E-state index contributed by atoms with van der Waals surface area (Å²) in [6.45, 7) is 23.4. The van der Waals surface area contributed by atoms with Crippen molar-refractivity contribution in [1.82, 2.24) is 0 Å². The Hall–Kier alpha value is -2.31. The van der Waals surface area contributed by atoms with E-state index in [2.05, 4.69) is 113 Å². The topological polar surface area (TPSA) is 40.5 Å². The van der Waals surface area contributed by atoms with Gasteiger partial charge in [0.2, 0.25) is 0 Å². The van der Waals surface area contributed by atoms with Crippen LogP contribution in [0.1, 0.15) is 80.5 Å². The van der Waals surface area contributed by atoms with Crippen LogP contribution < -0.4 is 15.9 Å². The summed E-state index contributed by atoms with van der Waals surface area (Å²) in [5.74, 6) is 0.698. The average Bonchev–Trinajstić information content (AvgIpc) is 2.66. The van der Waals surface area contributed by atoms with Gasteiger partial charge in [0.05, 0.1) is 0 Å². The lowest BCUT2D eigenvalue weighted by Crippen LogP contribution is -2.28. The molecule has 34 heavy (non-hydrogen) atoms. The Morgan fingerprint density at radius 3 is 1.18 bits per heavy atom. The molecule has 0 radical (unpaired) electrons. The molecule has 3 aromatic carbocycles. The summed E-state index contributed by atoms with van der Waals surface area (Å²) in [5.41, 5.74) is 7.34. The average molecular weight is 477 g/mol. The van der Waals surface area contributed by atoms with Gasteiger partial charge in [-0.2, -0.15) is 0 Å². The summed E-state index contributed by atoms with van der Waals surface area (Å²) < 4.78 is 0. The first-order valence-electron chi connectivity index (χ1n) is 12.1. The molecule has 3 aromatic rings. The van der Waals surface area contributed by atoms with Crippen LogP contribution in [-0.4, -0.2) is 10.2 Å². The summed E-state index contributed by atoms with van der Waals surface area (Å²) in [6, 6.07) is 12.9. The fourth-order valence-electron chi connectivity index (χ4n) is 4.90. The third-order valence-electron chi connectivity index (χ3n) is 6.43. The van der Waals surface area contributed by atoms with Crippen LogP contribution in [0.15, 0.2) is 36.4 Å². The molecule has 0 aliphatic rings. The van der Waals surface area contributed by atoms with Gasteiger partial charge in [-0.05, 0) is 93.1 Å². The van der Waals surface area contributed by atoms with E-state index in [4.69, 9.17) is 0 Å². The zero-order chi connectivity index (χ0) is 25.7. The second-order valence-corrected chi connectivity index (χ2v) is 14.0. The monoisotopic (exact) mass is 476 g/mol. The number of hydrogen-bond acceptors (Lipinski definition) is 2. The van der Waals surface area contributed by atoms with Crippen LogP contribution in [-0.2, 0) is 10.8 Å². The Labute approximate surface area is 207 Å². The molecule has 0 saturated carbocycles. The van der Waals surface area contributed by atoms with Crippen LogP contribution in [0.5, 0.6) is 11.5 Å². The smallest absolute Gasteiger partial charge is 0.127 e. The minimum Gasteiger partial charge on any atom is -0.507 e. The lowest BCUT2D eigenvalue weighted by atomic mass is 9.85. The summed E-state index contributed by atoms with van der Waals surface area (Å²) >= 11 is 0. The molecule has 0 bridgehead atoms. The largest absolute Gasteiger partial charge is 0.507 e. The van der Waals surface area contributed by atoms with Gasteiger partial charge >= 0.3 is 0 Å². The van der Waals surface area contributed by atoms with Crippen LogP contribution in [0, 0.1) is 34.6 Å². The predicted molar refractivity (Wildman–Crippen MR) is 150 cm³/mol. The molecule has 2 nitrogen and oxygen atoms in total. The number of aryl methyl sites for hydroxylation is 5. The Bertz CT molecular complexity index is 1150. The van der Waals surface area contributed by atoms with Gasteiger partial charge in [-0.15, -0.1) is 0 Å². The second kappa shape index (κ2) is 9.04. The van der Waals surface area contributed by atoms with Crippen molar-refractivity contribution in [3.05, 3.63) is 75.3 Å². The number of phenolic OH excluding ortho intramolecular Hbond substituents is 2. The van der Waals surface area contributed by atoms with E-state index in [1.165, 1.54) is 22.0 Å². The van der Waals surface area contributed by atoms with E-state index in [0.717, 1.165) is 32.9 Å². The molecular weight excluding hydrogens is 435 g/mol. The fraction of sp³-hybridized carbons (Fsp3) is 0.419. The zero-order valence-electron chi connectivity index (χ0n) is 22.8. The molecule has 0 heterocycles. The molecule has 0 aliphatic heterocycles. The van der Waals surface area contributed by atoms with Crippen LogP contribution in [0.25, 0.3) is 0 Å². The van der Waals surface area contributed by atoms with E-state index in [9.17, 15) is 10.2 Å². The van der Waals surface area contributed by atoms with Crippen LogP contribution in [0.3, 0.4) is 0 Å². The lowest BCUT2D eigenvalue weighted by Gasteiger charge is -2.31. The molecule has 0 spiro atoms. The van der Waals surface area contributed by atoms with Gasteiger partial charge in [0.15, 0.2) is 0 Å². The van der Waals surface area contributed by atoms with Crippen molar-refractivity contribution in [1.29, 1.82) is 0 Å². The molecule has 0 fully saturated rings. The van der Waals surface area contributed by atoms with Crippen molar-refractivity contribution >= 4 is 23.8 Å². The highest BCUT2D eigenvalue weighted by Gasteiger charge is 2.32. The molecular formula is C31H41O2P. The van der Waals surface area contributed by atoms with E-state index >= 15 is 0 Å². The predicted octanol–water partition coefficient (Wildman–Crippen LogP) is 6.99. The number of hydrogen-bond donors (Lipinski definition) is 2. The van der Waals surface area contributed by atoms with E-state index in [1.807, 2.05) is 0 Å². The highest BCUT2D eigenvalue weighted by atomic mass is 31.1. The van der Waals surface area contributed by atoms with E-state index in [-0.39, 0.29) is 10.8 Å². The molecule has 0 unspecified atom stereocenters. The SMILES string of the molecule is Cc1cc(C)c(P(c2cc(C)cc(C(C)(C)C)c2O)c2cc(C)cc(C(C)(C)C)c2O)c(C)c1. The minimum atomic E-state index is -1.20. The maximum Gasteiger partial charge on any atom is 0.127 e. The molecule has 2 N–H and O–H groups in total. The van der Waals surface area contributed by atoms with Crippen LogP contribution >= 0.6 is 7.92 Å². The highest BCUT2D eigenvalue weighted by Crippen LogP contribution is 2.46. The number of benzene rings is 3. The molecule has 0 aliphatic carbocycles. The van der Waals surface area contributed by atoms with E-state index in [1.54, 1.807) is 0 Å². The standard InChI is InChI=1S/C31H41O2P/c1-18-12-21(4)29(22(5)13-18)34(25-16-19(2)14-23(27(25)32)30(6,7)8)26-17-20(3)15-24(28(26)33)31(9,10)11/h12-17,32-33H,1-11H3. The third kappa shape index (κ3) is 5.03. The number of aromatic hydroxyl groups is 2. The van der Waals surface area contributed by atoms with Gasteiger partial charge in [-0.25, -0.2) is 0 Å². The zero-order valence-corrected chi connectivity index (χ0v) is 23.7. The highest BCUT2D eigenvalue weighted by molar-refractivity contribution is 7.80. The van der Waals surface area contributed by atoms with E-state index < -0.39 is 7.92 Å². The molecule has 3 rings (SSSR count). The first-order valence-corrected chi connectivity index (χ1v) is 13.4. The Balaban J connectivity index is 2.51. The Morgan fingerprint density at radius 2 is 0.853 bits per heavy atom. The molecule has 0 aromatic heterocycles. The Kier molecular flexibility index (Phi) is 7.00. The number of rotatable bonds is 3. The van der Waals surface area contributed by atoms with Crippen molar-refractivity contribution in [2.45, 2.75) is 87.0 Å². The molecule has 182 valence electrons. The Morgan fingerprint density at radius 1 is 0.529 bits per heavy atom. The lowest BCUT2D eigenvalue weighted by molar-refractivity contribution is 0.450. The summed E-state index contributed by atoms with van der Waals surface area (Å²) in [5, 5.41) is 26.4. The van der Waals surface area contributed by atoms with Crippen molar-refractivity contribution in [2.75, 3.05) is 0 Å². The molecule has 0 saturated heterocycles. The van der Waals surface area contributed by atoms with Gasteiger partial charge in [-0.1, -0.05) is 71.4 Å². The quantitative estimate of drug-likeness (QED) is 0.400. The summed E-state index contributed by atoms with van der Waals surface area (Å²) in [6.07, 6.45) is 0. The van der Waals surface area contributed by atoms with Crippen LogP contribution in [0.2, 0.25) is 0 Å². The van der Waals surface area contributed by atoms with Crippen molar-refractivity contribution in [3.63, 3.8) is 0 Å². The summed E-state index contributed by atoms with van der Waals surface area (Å²) in [4.78, 5) is 0. The van der Waals surface area contributed by atoms with Gasteiger partial charge in [0, 0.05) is 21.7 Å². The number of phenols is 2. The second-order valence-electron chi connectivity index (χ2n) is 11.9. The maximum atomic E-state index is 11.7. The van der Waals surface area contributed by atoms with Gasteiger partial charge in [-0.3, -0.25) is 0 Å². The molecule has 3 heteroatoms. The van der Waals surface area contributed by atoms with Crippen molar-refractivity contribution in [2.24, 2.45) is 0 Å². The normalized spacial score (nSPS) is 12.5. The minimum absolute atomic E-state index is 0.200. The van der Waals surface area contributed by atoms with Gasteiger partial charge in [0.25, 0.3) is 0 Å². The molecule has 0 atom stereocenters. The summed E-state index contributed by atoms with van der Waals surface area (Å²) in [7, 11) is -1.20. The van der Waals surface area contributed by atoms with Gasteiger partial charge < -0.3 is 10.2 Å². The van der Waals surface area contributed by atoms with E-state index in [0.29, 0.717) is 11.5 Å². The third-order valence-corrected chi connectivity index (χ3v) is 9.22. The fourth-order valence-corrected chi connectivity index (χ4v) is 7.81. The van der Waals surface area contributed by atoms with Gasteiger partial charge in [0.1, 0.15) is 11.5 Å². The first-order chi connectivity index (χ1) is 15.5. The molecule has 0 amide bonds.